The number of nitrogens with one attached hydrogen (secondary N) is 1. The lowest BCUT2D eigenvalue weighted by atomic mass is 9.70. The van der Waals surface area contributed by atoms with Crippen molar-refractivity contribution in [1.29, 1.82) is 0 Å². The summed E-state index contributed by atoms with van der Waals surface area (Å²) >= 11 is 3.43. The summed E-state index contributed by atoms with van der Waals surface area (Å²) in [6, 6.07) is 15.8. The van der Waals surface area contributed by atoms with E-state index in [0.717, 1.165) is 15.6 Å². The van der Waals surface area contributed by atoms with Crippen LogP contribution in [0.25, 0.3) is 0 Å². The van der Waals surface area contributed by atoms with E-state index in [4.69, 9.17) is 4.74 Å². The van der Waals surface area contributed by atoms with E-state index in [1.807, 2.05) is 54.6 Å². The smallest absolute Gasteiger partial charge is 0.326 e. The molecule has 0 aliphatic carbocycles. The summed E-state index contributed by atoms with van der Waals surface area (Å²) in [6.45, 7) is 3.27. The van der Waals surface area contributed by atoms with Crippen molar-refractivity contribution in [3.8, 4) is 0 Å². The molecule has 6 nitrogen and oxygen atoms in total. The fraction of sp³-hybridized carbons (Fsp3) is 0.350. The minimum Gasteiger partial charge on any atom is -0.468 e. The van der Waals surface area contributed by atoms with E-state index >= 15 is 0 Å². The highest BCUT2D eigenvalue weighted by molar-refractivity contribution is 9.10. The fourth-order valence-electron chi connectivity index (χ4n) is 4.30. The number of halogens is 1. The lowest BCUT2D eigenvalue weighted by Crippen LogP contribution is -2.51. The Balaban J connectivity index is 2.26. The van der Waals surface area contributed by atoms with Gasteiger partial charge in [0.1, 0.15) is 11.6 Å². The van der Waals surface area contributed by atoms with Crippen molar-refractivity contribution in [2.45, 2.75) is 36.9 Å². The van der Waals surface area contributed by atoms with E-state index in [1.54, 1.807) is 13.8 Å². The first-order valence-electron chi connectivity index (χ1n) is 8.56. The van der Waals surface area contributed by atoms with Gasteiger partial charge in [0.05, 0.1) is 13.0 Å². The van der Waals surface area contributed by atoms with Crippen molar-refractivity contribution < 1.29 is 14.5 Å². The SMILES string of the molecule is COC(=O)[C@@]1(C)N[C@@H](c2cccc(Br)c2)[C@@](C)([N+](=O)[O-])[C@@H]1c1ccccc1. The Kier molecular flexibility index (Phi) is 5.10. The highest BCUT2D eigenvalue weighted by Crippen LogP contribution is 2.53. The Morgan fingerprint density at radius 2 is 1.78 bits per heavy atom. The number of ether oxygens (including phenoxy) is 1. The van der Waals surface area contributed by atoms with Crippen molar-refractivity contribution >= 4 is 21.9 Å². The number of carbonyl (C=O) groups is 1. The molecule has 2 aromatic rings. The minimum absolute atomic E-state index is 0.280. The maximum atomic E-state index is 12.8. The van der Waals surface area contributed by atoms with Gasteiger partial charge in [0.25, 0.3) is 0 Å². The second-order valence-corrected chi connectivity index (χ2v) is 8.07. The van der Waals surface area contributed by atoms with Crippen LogP contribution in [0.3, 0.4) is 0 Å². The number of esters is 1. The van der Waals surface area contributed by atoms with Gasteiger partial charge >= 0.3 is 5.97 Å². The van der Waals surface area contributed by atoms with E-state index in [2.05, 4.69) is 21.2 Å². The van der Waals surface area contributed by atoms with E-state index in [0.29, 0.717) is 0 Å². The molecule has 0 amide bonds. The van der Waals surface area contributed by atoms with Gasteiger partial charge in [-0.05, 0) is 30.2 Å². The van der Waals surface area contributed by atoms with Gasteiger partial charge in [0.15, 0.2) is 0 Å². The lowest BCUT2D eigenvalue weighted by molar-refractivity contribution is -0.571. The molecular formula is C20H21BrN2O4. The van der Waals surface area contributed by atoms with Crippen molar-refractivity contribution in [3.05, 3.63) is 80.3 Å². The standard InChI is InChI=1S/C20H21BrN2O4/c1-19(18(24)27-3)16(13-8-5-4-6-9-13)20(2,23(25)26)17(22-19)14-10-7-11-15(21)12-14/h4-12,16-17,22H,1-3H3/t16-,17+,19+,20+/m1/s1. The molecule has 0 unspecified atom stereocenters. The van der Waals surface area contributed by atoms with Crippen LogP contribution < -0.4 is 5.32 Å². The zero-order valence-corrected chi connectivity index (χ0v) is 16.9. The van der Waals surface area contributed by atoms with Gasteiger partial charge in [-0.3, -0.25) is 20.2 Å². The van der Waals surface area contributed by atoms with Crippen molar-refractivity contribution in [3.63, 3.8) is 0 Å². The molecule has 3 rings (SSSR count). The Morgan fingerprint density at radius 3 is 2.33 bits per heavy atom. The van der Waals surface area contributed by atoms with Crippen LogP contribution >= 0.6 is 15.9 Å². The van der Waals surface area contributed by atoms with Crippen LogP contribution in [0, 0.1) is 10.1 Å². The summed E-state index contributed by atoms with van der Waals surface area (Å²) in [5.41, 5.74) is -1.28. The normalized spacial score (nSPS) is 30.1. The predicted molar refractivity (Wildman–Crippen MR) is 105 cm³/mol. The van der Waals surface area contributed by atoms with Gasteiger partial charge < -0.3 is 4.74 Å². The van der Waals surface area contributed by atoms with Crippen LogP contribution in [-0.4, -0.2) is 29.1 Å². The van der Waals surface area contributed by atoms with E-state index in [1.165, 1.54) is 7.11 Å². The van der Waals surface area contributed by atoms with Gasteiger partial charge in [-0.15, -0.1) is 0 Å². The zero-order valence-electron chi connectivity index (χ0n) is 15.3. The largest absolute Gasteiger partial charge is 0.468 e. The number of rotatable bonds is 4. The predicted octanol–water partition coefficient (Wildman–Crippen LogP) is 3.84. The molecule has 7 heteroatoms. The summed E-state index contributed by atoms with van der Waals surface area (Å²) in [6.07, 6.45) is 0. The maximum absolute atomic E-state index is 12.8. The Hall–Kier alpha value is -2.25. The number of nitrogens with zero attached hydrogens (tertiary/aromatic N) is 1. The maximum Gasteiger partial charge on any atom is 0.326 e. The monoisotopic (exact) mass is 432 g/mol. The molecule has 0 saturated carbocycles. The van der Waals surface area contributed by atoms with E-state index in [9.17, 15) is 14.9 Å². The Labute approximate surface area is 166 Å². The molecule has 1 aliphatic rings. The molecule has 0 spiro atoms. The van der Waals surface area contributed by atoms with Gasteiger partial charge in [-0.2, -0.15) is 0 Å². The molecule has 2 aromatic carbocycles. The van der Waals surface area contributed by atoms with Crippen LogP contribution in [-0.2, 0) is 9.53 Å². The molecule has 1 aliphatic heterocycles. The third-order valence-corrected chi connectivity index (χ3v) is 6.00. The summed E-state index contributed by atoms with van der Waals surface area (Å²) in [5, 5.41) is 15.6. The van der Waals surface area contributed by atoms with Crippen molar-refractivity contribution in [1.82, 2.24) is 5.32 Å². The van der Waals surface area contributed by atoms with Gasteiger partial charge in [0.2, 0.25) is 5.54 Å². The summed E-state index contributed by atoms with van der Waals surface area (Å²) < 4.78 is 5.85. The molecule has 1 fully saturated rings. The summed E-state index contributed by atoms with van der Waals surface area (Å²) in [7, 11) is 1.30. The Morgan fingerprint density at radius 1 is 1.15 bits per heavy atom. The molecule has 0 radical (unpaired) electrons. The van der Waals surface area contributed by atoms with Gasteiger partial charge in [-0.1, -0.05) is 58.4 Å². The number of methoxy groups -OCH3 is 1. The quantitative estimate of drug-likeness (QED) is 0.450. The topological polar surface area (TPSA) is 81.5 Å². The average molecular weight is 433 g/mol. The van der Waals surface area contributed by atoms with E-state index < -0.39 is 29.0 Å². The van der Waals surface area contributed by atoms with Crippen LogP contribution in [0.4, 0.5) is 0 Å². The van der Waals surface area contributed by atoms with E-state index in [-0.39, 0.29) is 4.92 Å². The number of benzene rings is 2. The number of hydrogen-bond donors (Lipinski definition) is 1. The molecule has 4 atom stereocenters. The molecule has 1 heterocycles. The first-order chi connectivity index (χ1) is 12.7. The molecule has 0 aromatic heterocycles. The van der Waals surface area contributed by atoms with Crippen LogP contribution in [0.1, 0.15) is 36.9 Å². The molecule has 27 heavy (non-hydrogen) atoms. The third-order valence-electron chi connectivity index (χ3n) is 5.51. The zero-order chi connectivity index (χ0) is 19.8. The van der Waals surface area contributed by atoms with Crippen LogP contribution in [0.2, 0.25) is 0 Å². The fourth-order valence-corrected chi connectivity index (χ4v) is 4.72. The van der Waals surface area contributed by atoms with Crippen LogP contribution in [0.15, 0.2) is 59.1 Å². The second-order valence-electron chi connectivity index (χ2n) is 7.15. The average Bonchev–Trinajstić information content (AvgIpc) is 2.91. The number of carbonyl (C=O) groups excluding carboxylic acids is 1. The molecule has 0 bridgehead atoms. The first kappa shape index (κ1) is 19.5. The van der Waals surface area contributed by atoms with Crippen molar-refractivity contribution in [2.24, 2.45) is 0 Å². The first-order valence-corrected chi connectivity index (χ1v) is 9.35. The van der Waals surface area contributed by atoms with Crippen molar-refractivity contribution in [2.75, 3.05) is 7.11 Å². The lowest BCUT2D eigenvalue weighted by Gasteiger charge is -2.32. The Bertz CT molecular complexity index is 875. The molecular weight excluding hydrogens is 412 g/mol. The molecule has 142 valence electrons. The number of hydrogen-bond acceptors (Lipinski definition) is 5. The highest BCUT2D eigenvalue weighted by Gasteiger charge is 2.69. The molecule has 1 saturated heterocycles. The minimum atomic E-state index is -1.47. The summed E-state index contributed by atoms with van der Waals surface area (Å²) in [4.78, 5) is 24.9. The van der Waals surface area contributed by atoms with Crippen LogP contribution in [0.5, 0.6) is 0 Å². The highest BCUT2D eigenvalue weighted by atomic mass is 79.9. The van der Waals surface area contributed by atoms with Gasteiger partial charge in [-0.25, -0.2) is 0 Å². The third kappa shape index (κ3) is 3.04. The van der Waals surface area contributed by atoms with Gasteiger partial charge in [0, 0.05) is 16.3 Å². The summed E-state index contributed by atoms with van der Waals surface area (Å²) in [5.74, 6) is -1.25. The molecule has 1 N–H and O–H groups in total. The number of nitro groups is 1. The second kappa shape index (κ2) is 7.05.